The first-order chi connectivity index (χ1) is 8.05. The largest absolute Gasteiger partial charge is 0.487 e. The second-order valence-electron chi connectivity index (χ2n) is 5.93. The molecule has 17 heavy (non-hydrogen) atoms. The third-order valence-corrected chi connectivity index (χ3v) is 3.88. The lowest BCUT2D eigenvalue weighted by Crippen LogP contribution is -2.35. The number of fused-ring (bicyclic) bond motifs is 1. The molecule has 1 spiro atoms. The van der Waals surface area contributed by atoms with Crippen LogP contribution in [0.2, 0.25) is 0 Å². The van der Waals surface area contributed by atoms with Crippen molar-refractivity contribution in [3.63, 3.8) is 0 Å². The van der Waals surface area contributed by atoms with E-state index in [1.807, 2.05) is 6.92 Å². The Morgan fingerprint density at radius 2 is 2.00 bits per heavy atom. The molecule has 1 nitrogen and oxygen atoms in total. The molecule has 0 atom stereocenters. The van der Waals surface area contributed by atoms with Gasteiger partial charge in [-0.2, -0.15) is 0 Å². The van der Waals surface area contributed by atoms with E-state index in [4.69, 9.17) is 4.74 Å². The summed E-state index contributed by atoms with van der Waals surface area (Å²) in [4.78, 5) is 0. The Balaban J connectivity index is 2.09. The van der Waals surface area contributed by atoms with Crippen LogP contribution in [0.5, 0.6) is 5.75 Å². The Hall–Kier alpha value is -1.42. The van der Waals surface area contributed by atoms with Crippen molar-refractivity contribution in [2.24, 2.45) is 0 Å². The Kier molecular flexibility index (Phi) is 2.08. The third kappa shape index (κ3) is 1.72. The average molecular weight is 226 g/mol. The molecule has 1 heteroatoms. The molecule has 1 aromatic carbocycles. The van der Waals surface area contributed by atoms with E-state index in [2.05, 4.69) is 43.9 Å². The van der Waals surface area contributed by atoms with Crippen molar-refractivity contribution < 1.29 is 4.74 Å². The molecule has 1 aromatic rings. The molecule has 1 saturated carbocycles. The molecule has 1 fully saturated rings. The van der Waals surface area contributed by atoms with Gasteiger partial charge in [-0.25, -0.2) is 0 Å². The van der Waals surface area contributed by atoms with Crippen molar-refractivity contribution in [3.8, 4) is 17.6 Å². The first-order valence-corrected chi connectivity index (χ1v) is 6.31. The van der Waals surface area contributed by atoms with Gasteiger partial charge in [0.2, 0.25) is 0 Å². The summed E-state index contributed by atoms with van der Waals surface area (Å²) in [6.45, 7) is 6.51. The van der Waals surface area contributed by atoms with Crippen molar-refractivity contribution in [2.75, 3.05) is 0 Å². The van der Waals surface area contributed by atoms with Crippen LogP contribution >= 0.6 is 0 Å². The van der Waals surface area contributed by atoms with Crippen LogP contribution in [-0.2, 0) is 5.41 Å². The fourth-order valence-corrected chi connectivity index (χ4v) is 2.96. The minimum atomic E-state index is 0.161. The summed E-state index contributed by atoms with van der Waals surface area (Å²) in [6.07, 6.45) is 3.56. The van der Waals surface area contributed by atoms with Gasteiger partial charge in [-0.1, -0.05) is 19.8 Å². The fraction of sp³-hybridized carbons (Fsp3) is 0.500. The van der Waals surface area contributed by atoms with E-state index in [0.717, 1.165) is 17.7 Å². The van der Waals surface area contributed by atoms with Gasteiger partial charge in [0.05, 0.1) is 0 Å². The van der Waals surface area contributed by atoms with Crippen LogP contribution in [0.4, 0.5) is 0 Å². The molecule has 88 valence electrons. The first-order valence-electron chi connectivity index (χ1n) is 6.31. The molecular formula is C16H18O. The number of rotatable bonds is 0. The molecule has 0 aromatic heterocycles. The zero-order valence-electron chi connectivity index (χ0n) is 10.8. The van der Waals surface area contributed by atoms with Crippen LogP contribution in [0.15, 0.2) is 18.2 Å². The zero-order valence-corrected chi connectivity index (χ0v) is 10.8. The second-order valence-corrected chi connectivity index (χ2v) is 5.93. The highest BCUT2D eigenvalue weighted by Crippen LogP contribution is 2.54. The third-order valence-electron chi connectivity index (χ3n) is 3.88. The van der Waals surface area contributed by atoms with Crippen molar-refractivity contribution in [2.45, 2.75) is 51.0 Å². The maximum Gasteiger partial charge on any atom is 0.123 e. The molecular weight excluding hydrogens is 208 g/mol. The standard InChI is InChI=1S/C16H18O/c1-4-5-12-6-7-14-13(10-12)15(2,3)11-16(17-14)8-9-16/h6-7,10H,8-9,11H2,1-3H3. The van der Waals surface area contributed by atoms with Gasteiger partial charge in [0.15, 0.2) is 0 Å². The summed E-state index contributed by atoms with van der Waals surface area (Å²) in [7, 11) is 0. The Bertz CT molecular complexity index is 524. The van der Waals surface area contributed by atoms with E-state index in [0.29, 0.717) is 0 Å². The first kappa shape index (κ1) is 10.7. The van der Waals surface area contributed by atoms with E-state index in [1.165, 1.54) is 18.4 Å². The number of hydrogen-bond acceptors (Lipinski definition) is 1. The van der Waals surface area contributed by atoms with Crippen LogP contribution < -0.4 is 4.74 Å². The van der Waals surface area contributed by atoms with Gasteiger partial charge in [0.1, 0.15) is 11.4 Å². The lowest BCUT2D eigenvalue weighted by Gasteiger charge is -2.38. The minimum Gasteiger partial charge on any atom is -0.487 e. The average Bonchev–Trinajstić information content (AvgIpc) is 2.98. The van der Waals surface area contributed by atoms with Gasteiger partial charge in [-0.3, -0.25) is 0 Å². The van der Waals surface area contributed by atoms with Crippen LogP contribution in [-0.4, -0.2) is 5.60 Å². The maximum atomic E-state index is 6.15. The normalized spacial score (nSPS) is 22.1. The van der Waals surface area contributed by atoms with E-state index in [1.54, 1.807) is 0 Å². The molecule has 0 bridgehead atoms. The molecule has 1 heterocycles. The Morgan fingerprint density at radius 1 is 1.24 bits per heavy atom. The highest BCUT2D eigenvalue weighted by atomic mass is 16.5. The van der Waals surface area contributed by atoms with Crippen LogP contribution in [0.3, 0.4) is 0 Å². The van der Waals surface area contributed by atoms with Crippen molar-refractivity contribution >= 4 is 0 Å². The smallest absolute Gasteiger partial charge is 0.123 e. The highest BCUT2D eigenvalue weighted by Gasteiger charge is 2.52. The van der Waals surface area contributed by atoms with Gasteiger partial charge < -0.3 is 4.74 Å². The van der Waals surface area contributed by atoms with Gasteiger partial charge in [0, 0.05) is 11.1 Å². The molecule has 0 saturated heterocycles. The predicted octanol–water partition coefficient (Wildman–Crippen LogP) is 3.65. The van der Waals surface area contributed by atoms with Crippen molar-refractivity contribution in [1.29, 1.82) is 0 Å². The van der Waals surface area contributed by atoms with Crippen LogP contribution in [0.25, 0.3) is 0 Å². The molecule has 1 aliphatic heterocycles. The molecule has 0 unspecified atom stereocenters. The maximum absolute atomic E-state index is 6.15. The SMILES string of the molecule is CC#Cc1ccc2c(c1)C(C)(C)CC1(CC1)O2. The summed E-state index contributed by atoms with van der Waals surface area (Å²) in [5.41, 5.74) is 2.77. The van der Waals surface area contributed by atoms with Crippen molar-refractivity contribution in [1.82, 2.24) is 0 Å². The summed E-state index contributed by atoms with van der Waals surface area (Å²) in [5, 5.41) is 0. The van der Waals surface area contributed by atoms with Gasteiger partial charge in [-0.05, 0) is 49.8 Å². The quantitative estimate of drug-likeness (QED) is 0.613. The number of ether oxygens (including phenoxy) is 1. The Morgan fingerprint density at radius 3 is 2.65 bits per heavy atom. The molecule has 1 aliphatic carbocycles. The van der Waals surface area contributed by atoms with Crippen LogP contribution in [0, 0.1) is 11.8 Å². The van der Waals surface area contributed by atoms with Crippen molar-refractivity contribution in [3.05, 3.63) is 29.3 Å². The molecule has 2 aliphatic rings. The topological polar surface area (TPSA) is 9.23 Å². The van der Waals surface area contributed by atoms with Crippen LogP contribution in [0.1, 0.15) is 51.2 Å². The van der Waals surface area contributed by atoms with E-state index < -0.39 is 0 Å². The fourth-order valence-electron chi connectivity index (χ4n) is 2.96. The van der Waals surface area contributed by atoms with Gasteiger partial charge >= 0.3 is 0 Å². The second kappa shape index (κ2) is 3.29. The van der Waals surface area contributed by atoms with E-state index >= 15 is 0 Å². The molecule has 0 radical (unpaired) electrons. The van der Waals surface area contributed by atoms with E-state index in [9.17, 15) is 0 Å². The molecule has 3 rings (SSSR count). The van der Waals surface area contributed by atoms with Gasteiger partial charge in [0.25, 0.3) is 0 Å². The summed E-state index contributed by atoms with van der Waals surface area (Å²) in [6, 6.07) is 6.35. The monoisotopic (exact) mass is 226 g/mol. The summed E-state index contributed by atoms with van der Waals surface area (Å²) < 4.78 is 6.15. The molecule has 0 amide bonds. The number of hydrogen-bond donors (Lipinski definition) is 0. The summed E-state index contributed by atoms with van der Waals surface area (Å²) >= 11 is 0. The lowest BCUT2D eigenvalue weighted by molar-refractivity contribution is 0.113. The zero-order chi connectivity index (χ0) is 12.1. The summed E-state index contributed by atoms with van der Waals surface area (Å²) in [5.74, 6) is 7.15. The number of benzene rings is 1. The predicted molar refractivity (Wildman–Crippen MR) is 69.2 cm³/mol. The molecule has 0 N–H and O–H groups in total. The van der Waals surface area contributed by atoms with E-state index in [-0.39, 0.29) is 11.0 Å². The lowest BCUT2D eigenvalue weighted by atomic mass is 9.76. The Labute approximate surface area is 103 Å². The minimum absolute atomic E-state index is 0.161. The van der Waals surface area contributed by atoms with Gasteiger partial charge in [-0.15, -0.1) is 5.92 Å². The highest BCUT2D eigenvalue weighted by molar-refractivity contribution is 5.49.